The standard InChI is InChI=1S/C49H82O19/c1-22-31(54)33(56)37(60)42(64-22)68-39-27(19-63-41-36(59)34(57)32(55)26(18-50)65-41)66-43(38(61)35(39)58)67-30-10-11-45(4)28(46(30,5)20-51)9-12-47(6)40(45)25(62-8)15-23-24-16-44(2,3)13-14-49(24,21-52)29(53)17-48(23,47)7/h15,22,24-43,50-61H,9-14,16-21H2,1-8H3/t22-,24+,25-,26+,27+,28-,29-,30+,31-,32-,33+,34+,35+,36+,37+,38-,39+,40-,41+,42-,43+,45+,46+,47+,48+,49+/m0/s1. The number of allylic oxidation sites excluding steroid dienone is 1. The molecule has 0 radical (unpaired) electrons. The molecule has 3 saturated heterocycles. The van der Waals surface area contributed by atoms with Gasteiger partial charge in [-0.1, -0.05) is 53.2 Å². The zero-order chi connectivity index (χ0) is 49.8. The largest absolute Gasteiger partial charge is 0.396 e. The second kappa shape index (κ2) is 19.0. The molecule has 8 aliphatic rings. The van der Waals surface area contributed by atoms with Crippen LogP contribution in [0.4, 0.5) is 0 Å². The first-order chi connectivity index (χ1) is 31.8. The maximum Gasteiger partial charge on any atom is 0.187 e. The molecule has 68 heavy (non-hydrogen) atoms. The molecular formula is C49H82O19. The van der Waals surface area contributed by atoms with Crippen LogP contribution >= 0.6 is 0 Å². The summed E-state index contributed by atoms with van der Waals surface area (Å²) in [6, 6.07) is 0. The van der Waals surface area contributed by atoms with Gasteiger partial charge < -0.3 is 94.4 Å². The molecule has 0 aromatic carbocycles. The van der Waals surface area contributed by atoms with E-state index in [0.717, 1.165) is 25.7 Å². The molecule has 8 rings (SSSR count). The van der Waals surface area contributed by atoms with Crippen molar-refractivity contribution in [3.05, 3.63) is 11.6 Å². The molecule has 4 saturated carbocycles. The van der Waals surface area contributed by atoms with Crippen LogP contribution in [0.3, 0.4) is 0 Å². The van der Waals surface area contributed by atoms with Crippen molar-refractivity contribution in [1.29, 1.82) is 0 Å². The van der Waals surface area contributed by atoms with Gasteiger partial charge in [-0.15, -0.1) is 0 Å². The Balaban J connectivity index is 1.07. The van der Waals surface area contributed by atoms with Gasteiger partial charge in [0, 0.05) is 23.9 Å². The average Bonchev–Trinajstić information content (AvgIpc) is 3.29. The first-order valence-corrected chi connectivity index (χ1v) is 24.9. The zero-order valence-corrected chi connectivity index (χ0v) is 40.9. The lowest BCUT2D eigenvalue weighted by atomic mass is 9.32. The molecule has 0 aromatic heterocycles. The minimum atomic E-state index is -1.83. The number of ether oxygens (including phenoxy) is 7. The molecule has 0 amide bonds. The molecule has 7 fully saturated rings. The zero-order valence-electron chi connectivity index (χ0n) is 40.9. The van der Waals surface area contributed by atoms with Crippen LogP contribution in [0.5, 0.6) is 0 Å². The van der Waals surface area contributed by atoms with Crippen LogP contribution in [0.2, 0.25) is 0 Å². The molecule has 19 nitrogen and oxygen atoms in total. The molecule has 0 unspecified atom stereocenters. The Bertz CT molecular complexity index is 1800. The first-order valence-electron chi connectivity index (χ1n) is 24.9. The minimum absolute atomic E-state index is 0.0187. The van der Waals surface area contributed by atoms with E-state index in [1.165, 1.54) is 12.5 Å². The summed E-state index contributed by atoms with van der Waals surface area (Å²) in [5.41, 5.74) is -1.45. The molecule has 5 aliphatic carbocycles. The number of hydrogen-bond acceptors (Lipinski definition) is 19. The molecule has 3 aliphatic heterocycles. The van der Waals surface area contributed by atoms with Crippen LogP contribution in [0.15, 0.2) is 11.6 Å². The fourth-order valence-electron chi connectivity index (χ4n) is 15.4. The van der Waals surface area contributed by atoms with E-state index in [-0.39, 0.29) is 47.9 Å². The maximum atomic E-state index is 12.2. The molecule has 26 atom stereocenters. The third kappa shape index (κ3) is 8.21. The van der Waals surface area contributed by atoms with Crippen molar-refractivity contribution in [1.82, 2.24) is 0 Å². The van der Waals surface area contributed by atoms with Gasteiger partial charge in [0.05, 0.1) is 50.8 Å². The lowest BCUT2D eigenvalue weighted by molar-refractivity contribution is -0.375. The molecule has 19 heteroatoms. The highest BCUT2D eigenvalue weighted by Gasteiger charge is 2.72. The second-order valence-electron chi connectivity index (χ2n) is 23.8. The predicted octanol–water partition coefficient (Wildman–Crippen LogP) is -0.790. The molecule has 392 valence electrons. The van der Waals surface area contributed by atoms with Crippen molar-refractivity contribution >= 4 is 0 Å². The van der Waals surface area contributed by atoms with Crippen molar-refractivity contribution in [2.24, 2.45) is 50.2 Å². The van der Waals surface area contributed by atoms with Gasteiger partial charge in [-0.3, -0.25) is 0 Å². The highest BCUT2D eigenvalue weighted by atomic mass is 16.8. The summed E-state index contributed by atoms with van der Waals surface area (Å²) in [6.45, 7) is 13.2. The summed E-state index contributed by atoms with van der Waals surface area (Å²) in [5.74, 6) is -0.216. The summed E-state index contributed by atoms with van der Waals surface area (Å²) < 4.78 is 42.7. The third-order valence-corrected chi connectivity index (χ3v) is 19.8. The smallest absolute Gasteiger partial charge is 0.187 e. The quantitative estimate of drug-likeness (QED) is 0.0892. The van der Waals surface area contributed by atoms with E-state index in [1.807, 2.05) is 6.92 Å². The lowest BCUT2D eigenvalue weighted by Crippen LogP contribution is -2.70. The Morgan fingerprint density at radius 2 is 1.28 bits per heavy atom. The molecule has 3 heterocycles. The van der Waals surface area contributed by atoms with Crippen LogP contribution in [-0.4, -0.2) is 205 Å². The van der Waals surface area contributed by atoms with Crippen molar-refractivity contribution in [3.63, 3.8) is 0 Å². The fourth-order valence-corrected chi connectivity index (χ4v) is 15.4. The highest BCUT2D eigenvalue weighted by Crippen LogP contribution is 2.76. The SMILES string of the molecule is CO[C@H]1C=C2[C@H]3CC(C)(C)CC[C@]3(CO)[C@@H](O)C[C@@]2(C)[C@]2(C)CC[C@@H]3[C@@](C)(CO)[C@H](O[C@H]4O[C@H](CO[C@@H]5O[C@H](CO)[C@H](O)[C@@H](O)[C@H]5O)[C@@H](O[C@@H]5O[C@@H](C)[C@H](O)[C@@H](O)[C@H]5O)[C@H](O)[C@@H]4O)CC[C@@]3(C)[C@H]12. The van der Waals surface area contributed by atoms with E-state index < -0.39 is 139 Å². The third-order valence-electron chi connectivity index (χ3n) is 19.8. The summed E-state index contributed by atoms with van der Waals surface area (Å²) in [5, 5.41) is 131. The van der Waals surface area contributed by atoms with Crippen LogP contribution < -0.4 is 0 Å². The Morgan fingerprint density at radius 1 is 0.647 bits per heavy atom. The van der Waals surface area contributed by atoms with Crippen molar-refractivity contribution < 1.29 is 94.4 Å². The van der Waals surface area contributed by atoms with Gasteiger partial charge in [-0.05, 0) is 91.8 Å². The van der Waals surface area contributed by atoms with E-state index in [1.54, 1.807) is 7.11 Å². The van der Waals surface area contributed by atoms with Gasteiger partial charge in [0.1, 0.15) is 67.1 Å². The van der Waals surface area contributed by atoms with Gasteiger partial charge in [-0.25, -0.2) is 0 Å². The number of methoxy groups -OCH3 is 1. The van der Waals surface area contributed by atoms with Crippen molar-refractivity contribution in [3.8, 4) is 0 Å². The summed E-state index contributed by atoms with van der Waals surface area (Å²) in [6.07, 6.45) is -17.8. The Kier molecular flexibility index (Phi) is 14.9. The Labute approximate surface area is 399 Å². The molecule has 0 aromatic rings. The van der Waals surface area contributed by atoms with E-state index in [0.29, 0.717) is 25.7 Å². The van der Waals surface area contributed by atoms with E-state index >= 15 is 0 Å². The van der Waals surface area contributed by atoms with Crippen molar-refractivity contribution in [2.75, 3.05) is 33.5 Å². The summed E-state index contributed by atoms with van der Waals surface area (Å²) >= 11 is 0. The van der Waals surface area contributed by atoms with E-state index in [4.69, 9.17) is 33.2 Å². The summed E-state index contributed by atoms with van der Waals surface area (Å²) in [7, 11) is 1.74. The topological polar surface area (TPSA) is 307 Å². The maximum absolute atomic E-state index is 12.2. The lowest BCUT2D eigenvalue weighted by Gasteiger charge is -2.73. The number of fused-ring (bicyclic) bond motifs is 7. The molecule has 0 bridgehead atoms. The second-order valence-corrected chi connectivity index (χ2v) is 23.8. The van der Waals surface area contributed by atoms with Crippen LogP contribution in [-0.2, 0) is 33.2 Å². The number of aliphatic hydroxyl groups is 12. The Morgan fingerprint density at radius 3 is 1.93 bits per heavy atom. The highest BCUT2D eigenvalue weighted by molar-refractivity contribution is 5.37. The number of hydrogen-bond donors (Lipinski definition) is 12. The predicted molar refractivity (Wildman–Crippen MR) is 238 cm³/mol. The van der Waals surface area contributed by atoms with Crippen LogP contribution in [0.1, 0.15) is 99.8 Å². The molecule has 0 spiro atoms. The van der Waals surface area contributed by atoms with Crippen LogP contribution in [0, 0.1) is 50.2 Å². The first kappa shape index (κ1) is 53.3. The minimum Gasteiger partial charge on any atom is -0.396 e. The average molecular weight is 975 g/mol. The molecular weight excluding hydrogens is 893 g/mol. The van der Waals surface area contributed by atoms with Gasteiger partial charge >= 0.3 is 0 Å². The van der Waals surface area contributed by atoms with E-state index in [9.17, 15) is 61.3 Å². The van der Waals surface area contributed by atoms with Crippen molar-refractivity contribution in [2.45, 2.75) is 210 Å². The molecule has 12 N–H and O–H groups in total. The monoisotopic (exact) mass is 975 g/mol. The summed E-state index contributed by atoms with van der Waals surface area (Å²) in [4.78, 5) is 0. The fraction of sp³-hybridized carbons (Fsp3) is 0.959. The number of rotatable bonds is 11. The van der Waals surface area contributed by atoms with Gasteiger partial charge in [0.25, 0.3) is 0 Å². The van der Waals surface area contributed by atoms with Gasteiger partial charge in [0.15, 0.2) is 18.9 Å². The normalized spacial score (nSPS) is 55.8. The van der Waals surface area contributed by atoms with E-state index in [2.05, 4.69) is 40.7 Å². The van der Waals surface area contributed by atoms with Crippen LogP contribution in [0.25, 0.3) is 0 Å². The van der Waals surface area contributed by atoms with Gasteiger partial charge in [-0.2, -0.15) is 0 Å². The Hall–Kier alpha value is -1.02. The number of aliphatic hydroxyl groups excluding tert-OH is 12. The van der Waals surface area contributed by atoms with Gasteiger partial charge in [0.2, 0.25) is 0 Å².